The van der Waals surface area contributed by atoms with E-state index in [1.165, 1.54) is 5.56 Å². The Bertz CT molecular complexity index is 377. The van der Waals surface area contributed by atoms with Gasteiger partial charge in [0.15, 0.2) is 0 Å². The summed E-state index contributed by atoms with van der Waals surface area (Å²) in [4.78, 5) is 18.2. The number of hydrogen-bond donors (Lipinski definition) is 3. The minimum absolute atomic E-state index is 0.574. The first-order chi connectivity index (χ1) is 8.59. The van der Waals surface area contributed by atoms with Gasteiger partial charge in [0.1, 0.15) is 0 Å². The molecule has 0 radical (unpaired) electrons. The minimum atomic E-state index is -1.82. The van der Waals surface area contributed by atoms with Gasteiger partial charge in [-0.15, -0.1) is 0 Å². The second-order valence-electron chi connectivity index (χ2n) is 3.71. The van der Waals surface area contributed by atoms with Crippen molar-refractivity contribution in [3.05, 3.63) is 35.9 Å². The highest BCUT2D eigenvalue weighted by molar-refractivity contribution is 6.27. The Labute approximate surface area is 104 Å². The first-order valence-electron chi connectivity index (χ1n) is 5.41. The Morgan fingerprint density at radius 1 is 1.17 bits per heavy atom. The lowest BCUT2D eigenvalue weighted by Crippen LogP contribution is -2.45. The number of carboxylic acids is 2. The van der Waals surface area contributed by atoms with Crippen molar-refractivity contribution in [2.75, 3.05) is 13.2 Å². The number of aliphatic carboxylic acids is 2. The summed E-state index contributed by atoms with van der Waals surface area (Å²) in [6.45, 7) is 2.69. The number of nitrogens with one attached hydrogen (secondary N) is 1. The molecule has 0 unspecified atom stereocenters. The zero-order chi connectivity index (χ0) is 13.4. The summed E-state index contributed by atoms with van der Waals surface area (Å²) < 4.78 is 5.06. The van der Waals surface area contributed by atoms with E-state index < -0.39 is 11.9 Å². The van der Waals surface area contributed by atoms with Crippen molar-refractivity contribution in [3.63, 3.8) is 0 Å². The second-order valence-corrected chi connectivity index (χ2v) is 3.71. The van der Waals surface area contributed by atoms with Crippen LogP contribution >= 0.6 is 0 Å². The first kappa shape index (κ1) is 14.1. The molecule has 0 atom stereocenters. The second kappa shape index (κ2) is 7.41. The van der Waals surface area contributed by atoms with Crippen molar-refractivity contribution in [2.45, 2.75) is 12.6 Å². The van der Waals surface area contributed by atoms with Gasteiger partial charge in [0, 0.05) is 6.54 Å². The van der Waals surface area contributed by atoms with E-state index in [4.69, 9.17) is 24.5 Å². The van der Waals surface area contributed by atoms with Gasteiger partial charge >= 0.3 is 11.9 Å². The predicted octanol–water partition coefficient (Wildman–Crippen LogP) is 0.331. The molecular weight excluding hydrogens is 238 g/mol. The Morgan fingerprint density at radius 2 is 1.72 bits per heavy atom. The smallest absolute Gasteiger partial charge is 0.414 e. The summed E-state index contributed by atoms with van der Waals surface area (Å²) in [5.41, 5.74) is 1.34. The van der Waals surface area contributed by atoms with Gasteiger partial charge in [-0.1, -0.05) is 30.3 Å². The van der Waals surface area contributed by atoms with Gasteiger partial charge in [0.25, 0.3) is 0 Å². The summed E-state index contributed by atoms with van der Waals surface area (Å²) >= 11 is 0. The third-order valence-electron chi connectivity index (χ3n) is 2.26. The number of carboxylic acid groups (broad SMARTS) is 2. The van der Waals surface area contributed by atoms with Crippen molar-refractivity contribution in [2.24, 2.45) is 0 Å². The van der Waals surface area contributed by atoms with Crippen molar-refractivity contribution < 1.29 is 24.5 Å². The summed E-state index contributed by atoms with van der Waals surface area (Å²) in [5.74, 6) is -3.65. The fourth-order valence-electron chi connectivity index (χ4n) is 1.21. The molecule has 0 bridgehead atoms. The zero-order valence-electron chi connectivity index (χ0n) is 9.70. The highest BCUT2D eigenvalue weighted by atomic mass is 16.5. The quantitative estimate of drug-likeness (QED) is 0.672. The topological polar surface area (TPSA) is 95.9 Å². The SMILES string of the molecule is O=C(O)C(=O)O.c1ccc(CNC2COC2)cc1. The number of ether oxygens (including phenoxy) is 1. The van der Waals surface area contributed by atoms with Crippen molar-refractivity contribution in [3.8, 4) is 0 Å². The van der Waals surface area contributed by atoms with E-state index in [0.717, 1.165) is 19.8 Å². The van der Waals surface area contributed by atoms with Gasteiger partial charge in [0.2, 0.25) is 0 Å². The molecule has 0 spiro atoms. The molecule has 0 aliphatic carbocycles. The number of hydrogen-bond acceptors (Lipinski definition) is 4. The average molecular weight is 253 g/mol. The molecule has 1 saturated heterocycles. The molecular formula is C12H15NO5. The van der Waals surface area contributed by atoms with E-state index in [2.05, 4.69) is 29.6 Å². The molecule has 0 aromatic heterocycles. The maximum atomic E-state index is 9.10. The lowest BCUT2D eigenvalue weighted by Gasteiger charge is -2.26. The number of carbonyl (C=O) groups is 2. The highest BCUT2D eigenvalue weighted by Crippen LogP contribution is 2.02. The fourth-order valence-corrected chi connectivity index (χ4v) is 1.21. The molecule has 18 heavy (non-hydrogen) atoms. The Kier molecular flexibility index (Phi) is 5.83. The molecule has 98 valence electrons. The predicted molar refractivity (Wildman–Crippen MR) is 63.2 cm³/mol. The van der Waals surface area contributed by atoms with Crippen LogP contribution in [0.15, 0.2) is 30.3 Å². The fraction of sp³-hybridized carbons (Fsp3) is 0.333. The standard InChI is InChI=1S/C10H13NO.C2H2O4/c1-2-4-9(5-3-1)6-11-10-7-12-8-10;3-1(4)2(5)6/h1-5,10-11H,6-8H2;(H,3,4)(H,5,6). The van der Waals surface area contributed by atoms with E-state index in [0.29, 0.717) is 6.04 Å². The molecule has 0 saturated carbocycles. The molecule has 0 amide bonds. The highest BCUT2D eigenvalue weighted by Gasteiger charge is 2.16. The van der Waals surface area contributed by atoms with Crippen molar-refractivity contribution in [1.82, 2.24) is 5.32 Å². The van der Waals surface area contributed by atoms with Gasteiger partial charge in [-0.2, -0.15) is 0 Å². The molecule has 1 aliphatic heterocycles. The number of rotatable bonds is 3. The van der Waals surface area contributed by atoms with Crippen LogP contribution in [0.3, 0.4) is 0 Å². The lowest BCUT2D eigenvalue weighted by molar-refractivity contribution is -0.159. The van der Waals surface area contributed by atoms with Crippen LogP contribution in [0.4, 0.5) is 0 Å². The summed E-state index contributed by atoms with van der Waals surface area (Å²) in [7, 11) is 0. The Morgan fingerprint density at radius 3 is 2.11 bits per heavy atom. The summed E-state index contributed by atoms with van der Waals surface area (Å²) in [6.07, 6.45) is 0. The summed E-state index contributed by atoms with van der Waals surface area (Å²) in [5, 5.41) is 18.2. The van der Waals surface area contributed by atoms with Crippen LogP contribution in [-0.2, 0) is 20.9 Å². The van der Waals surface area contributed by atoms with E-state index >= 15 is 0 Å². The Balaban J connectivity index is 0.000000232. The molecule has 6 nitrogen and oxygen atoms in total. The third kappa shape index (κ3) is 5.42. The molecule has 1 fully saturated rings. The normalized spacial score (nSPS) is 14.0. The van der Waals surface area contributed by atoms with Crippen LogP contribution in [0.2, 0.25) is 0 Å². The van der Waals surface area contributed by atoms with Crippen molar-refractivity contribution in [1.29, 1.82) is 0 Å². The van der Waals surface area contributed by atoms with E-state index in [-0.39, 0.29) is 0 Å². The van der Waals surface area contributed by atoms with Crippen LogP contribution in [0.25, 0.3) is 0 Å². The van der Waals surface area contributed by atoms with Crippen LogP contribution in [0.5, 0.6) is 0 Å². The molecule has 1 heterocycles. The third-order valence-corrected chi connectivity index (χ3v) is 2.26. The minimum Gasteiger partial charge on any atom is -0.473 e. The van der Waals surface area contributed by atoms with Crippen LogP contribution in [-0.4, -0.2) is 41.4 Å². The maximum absolute atomic E-state index is 9.10. The van der Waals surface area contributed by atoms with Gasteiger partial charge in [-0.3, -0.25) is 0 Å². The summed E-state index contributed by atoms with van der Waals surface area (Å²) in [6, 6.07) is 11.0. The molecule has 2 rings (SSSR count). The maximum Gasteiger partial charge on any atom is 0.414 e. The Hall–Kier alpha value is -1.92. The van der Waals surface area contributed by atoms with Crippen LogP contribution in [0, 0.1) is 0 Å². The largest absolute Gasteiger partial charge is 0.473 e. The molecule has 1 aliphatic rings. The molecule has 1 aromatic rings. The molecule has 6 heteroatoms. The molecule has 1 aromatic carbocycles. The van der Waals surface area contributed by atoms with Gasteiger partial charge in [-0.25, -0.2) is 9.59 Å². The number of benzene rings is 1. The zero-order valence-corrected chi connectivity index (χ0v) is 9.70. The van der Waals surface area contributed by atoms with E-state index in [1.807, 2.05) is 6.07 Å². The molecule has 3 N–H and O–H groups in total. The van der Waals surface area contributed by atoms with Crippen molar-refractivity contribution >= 4 is 11.9 Å². The van der Waals surface area contributed by atoms with Gasteiger partial charge in [-0.05, 0) is 5.56 Å². The van der Waals surface area contributed by atoms with Gasteiger partial charge < -0.3 is 20.3 Å². The van der Waals surface area contributed by atoms with Crippen LogP contribution in [0.1, 0.15) is 5.56 Å². The van der Waals surface area contributed by atoms with E-state index in [1.54, 1.807) is 0 Å². The van der Waals surface area contributed by atoms with Gasteiger partial charge in [0.05, 0.1) is 19.3 Å². The first-order valence-corrected chi connectivity index (χ1v) is 5.41. The lowest BCUT2D eigenvalue weighted by atomic mass is 10.2. The average Bonchev–Trinajstić information content (AvgIpc) is 2.29. The van der Waals surface area contributed by atoms with E-state index in [9.17, 15) is 0 Å². The van der Waals surface area contributed by atoms with Crippen LogP contribution < -0.4 is 5.32 Å². The monoisotopic (exact) mass is 253 g/mol.